The van der Waals surface area contributed by atoms with E-state index < -0.39 is 12.7 Å². The third kappa shape index (κ3) is 1.74. The van der Waals surface area contributed by atoms with Crippen LogP contribution < -0.4 is 5.73 Å². The average Bonchev–Trinajstić information content (AvgIpc) is 2.08. The standard InChI is InChI=1S/C9H12FNO/c1-6-4-7(8(11)5-10)2-3-9(6)12/h2-4,8,12H,5,11H2,1H3/t8-/m1/s1. The van der Waals surface area contributed by atoms with Crippen molar-refractivity contribution in [1.29, 1.82) is 0 Å². The minimum atomic E-state index is -0.579. The minimum absolute atomic E-state index is 0.213. The van der Waals surface area contributed by atoms with Crippen molar-refractivity contribution in [3.05, 3.63) is 29.3 Å². The highest BCUT2D eigenvalue weighted by molar-refractivity contribution is 5.36. The summed E-state index contributed by atoms with van der Waals surface area (Å²) in [6, 6.07) is 4.27. The molecule has 66 valence electrons. The molecule has 0 fully saturated rings. The molecular formula is C9H12FNO. The first-order chi connectivity index (χ1) is 5.65. The fourth-order valence-corrected chi connectivity index (χ4v) is 0.998. The number of nitrogens with two attached hydrogens (primary N) is 1. The lowest BCUT2D eigenvalue weighted by Crippen LogP contribution is -2.11. The van der Waals surface area contributed by atoms with Crippen LogP contribution >= 0.6 is 0 Å². The molecule has 12 heavy (non-hydrogen) atoms. The molecule has 3 N–H and O–H groups in total. The van der Waals surface area contributed by atoms with E-state index >= 15 is 0 Å². The zero-order chi connectivity index (χ0) is 9.14. The molecule has 0 saturated heterocycles. The summed E-state index contributed by atoms with van der Waals surface area (Å²) in [5.41, 5.74) is 6.89. The molecule has 1 aromatic rings. The Morgan fingerprint density at radius 3 is 2.75 bits per heavy atom. The number of phenols is 1. The molecule has 0 aliphatic rings. The highest BCUT2D eigenvalue weighted by atomic mass is 19.1. The van der Waals surface area contributed by atoms with Crippen LogP contribution in [0.25, 0.3) is 0 Å². The Kier molecular flexibility index (Phi) is 2.65. The molecule has 0 bridgehead atoms. The van der Waals surface area contributed by atoms with Crippen molar-refractivity contribution in [3.8, 4) is 5.75 Å². The zero-order valence-corrected chi connectivity index (χ0v) is 6.92. The van der Waals surface area contributed by atoms with Gasteiger partial charge in [0.25, 0.3) is 0 Å². The van der Waals surface area contributed by atoms with Crippen molar-refractivity contribution < 1.29 is 9.50 Å². The van der Waals surface area contributed by atoms with Gasteiger partial charge in [0.05, 0.1) is 6.04 Å². The normalized spacial score (nSPS) is 12.9. The molecule has 0 unspecified atom stereocenters. The predicted molar refractivity (Wildman–Crippen MR) is 45.7 cm³/mol. The number of halogens is 1. The number of alkyl halides is 1. The number of hydrogen-bond donors (Lipinski definition) is 2. The molecule has 0 aliphatic heterocycles. The van der Waals surface area contributed by atoms with Gasteiger partial charge in [0.1, 0.15) is 12.4 Å². The van der Waals surface area contributed by atoms with Gasteiger partial charge in [-0.05, 0) is 24.1 Å². The van der Waals surface area contributed by atoms with E-state index in [4.69, 9.17) is 10.8 Å². The molecule has 0 heterocycles. The number of rotatable bonds is 2. The lowest BCUT2D eigenvalue weighted by molar-refractivity contribution is 0.435. The van der Waals surface area contributed by atoms with Gasteiger partial charge in [0, 0.05) is 0 Å². The zero-order valence-electron chi connectivity index (χ0n) is 6.92. The van der Waals surface area contributed by atoms with Gasteiger partial charge >= 0.3 is 0 Å². The molecule has 0 radical (unpaired) electrons. The summed E-state index contributed by atoms with van der Waals surface area (Å²) in [6.45, 7) is 1.17. The number of phenolic OH excluding ortho intramolecular Hbond substituents is 1. The van der Waals surface area contributed by atoms with E-state index in [1.165, 1.54) is 6.07 Å². The van der Waals surface area contributed by atoms with E-state index in [2.05, 4.69) is 0 Å². The smallest absolute Gasteiger partial charge is 0.118 e. The fourth-order valence-electron chi connectivity index (χ4n) is 0.998. The van der Waals surface area contributed by atoms with Gasteiger partial charge in [-0.15, -0.1) is 0 Å². The first kappa shape index (κ1) is 9.00. The Hall–Kier alpha value is -1.09. The summed E-state index contributed by atoms with van der Waals surface area (Å²) in [6.07, 6.45) is 0. The maximum atomic E-state index is 12.1. The van der Waals surface area contributed by atoms with Gasteiger partial charge in [-0.3, -0.25) is 0 Å². The summed E-state index contributed by atoms with van der Waals surface area (Å²) in [5.74, 6) is 0.213. The Balaban J connectivity index is 2.96. The fraction of sp³-hybridized carbons (Fsp3) is 0.333. The monoisotopic (exact) mass is 169 g/mol. The molecule has 0 saturated carbocycles. The van der Waals surface area contributed by atoms with Crippen LogP contribution in [-0.4, -0.2) is 11.8 Å². The Morgan fingerprint density at radius 2 is 2.25 bits per heavy atom. The van der Waals surface area contributed by atoms with Gasteiger partial charge < -0.3 is 10.8 Å². The van der Waals surface area contributed by atoms with Crippen LogP contribution in [-0.2, 0) is 0 Å². The van der Waals surface area contributed by atoms with Crippen LogP contribution in [0, 0.1) is 6.92 Å². The van der Waals surface area contributed by atoms with Crippen molar-refractivity contribution in [1.82, 2.24) is 0 Å². The van der Waals surface area contributed by atoms with Crippen LogP contribution in [0.5, 0.6) is 5.75 Å². The van der Waals surface area contributed by atoms with Crippen molar-refractivity contribution in [2.45, 2.75) is 13.0 Å². The highest BCUT2D eigenvalue weighted by Crippen LogP contribution is 2.20. The lowest BCUT2D eigenvalue weighted by atomic mass is 10.1. The second-order valence-corrected chi connectivity index (χ2v) is 2.81. The summed E-state index contributed by atoms with van der Waals surface area (Å²) in [5, 5.41) is 9.16. The third-order valence-corrected chi connectivity index (χ3v) is 1.82. The molecule has 3 heteroatoms. The molecule has 2 nitrogen and oxygen atoms in total. The molecule has 0 aromatic heterocycles. The molecule has 0 amide bonds. The van der Waals surface area contributed by atoms with E-state index in [-0.39, 0.29) is 5.75 Å². The van der Waals surface area contributed by atoms with Gasteiger partial charge in [-0.2, -0.15) is 0 Å². The second kappa shape index (κ2) is 3.54. The van der Waals surface area contributed by atoms with Gasteiger partial charge in [-0.25, -0.2) is 4.39 Å². The first-order valence-corrected chi connectivity index (χ1v) is 3.76. The summed E-state index contributed by atoms with van der Waals surface area (Å²) in [4.78, 5) is 0. The Morgan fingerprint density at radius 1 is 1.58 bits per heavy atom. The first-order valence-electron chi connectivity index (χ1n) is 3.76. The molecule has 0 aliphatic carbocycles. The van der Waals surface area contributed by atoms with Crippen LogP contribution in [0.4, 0.5) is 4.39 Å². The third-order valence-electron chi connectivity index (χ3n) is 1.82. The van der Waals surface area contributed by atoms with E-state index in [0.717, 1.165) is 5.56 Å². The van der Waals surface area contributed by atoms with Crippen LogP contribution in [0.2, 0.25) is 0 Å². The SMILES string of the molecule is Cc1cc([C@H](N)CF)ccc1O. The Bertz CT molecular complexity index is 275. The number of benzene rings is 1. The molecule has 1 atom stereocenters. The van der Waals surface area contributed by atoms with Crippen molar-refractivity contribution in [2.75, 3.05) is 6.67 Å². The van der Waals surface area contributed by atoms with E-state index in [1.807, 2.05) is 0 Å². The van der Waals surface area contributed by atoms with Crippen LogP contribution in [0.1, 0.15) is 17.2 Å². The number of aryl methyl sites for hydroxylation is 1. The average molecular weight is 169 g/mol. The summed E-state index contributed by atoms with van der Waals surface area (Å²) < 4.78 is 12.1. The summed E-state index contributed by atoms with van der Waals surface area (Å²) >= 11 is 0. The highest BCUT2D eigenvalue weighted by Gasteiger charge is 2.06. The number of aromatic hydroxyl groups is 1. The topological polar surface area (TPSA) is 46.2 Å². The lowest BCUT2D eigenvalue weighted by Gasteiger charge is -2.08. The van der Waals surface area contributed by atoms with E-state index in [0.29, 0.717) is 5.56 Å². The van der Waals surface area contributed by atoms with Crippen molar-refractivity contribution in [2.24, 2.45) is 5.73 Å². The maximum Gasteiger partial charge on any atom is 0.118 e. The van der Waals surface area contributed by atoms with Crippen molar-refractivity contribution in [3.63, 3.8) is 0 Å². The quantitative estimate of drug-likeness (QED) is 0.707. The van der Waals surface area contributed by atoms with Crippen LogP contribution in [0.3, 0.4) is 0 Å². The van der Waals surface area contributed by atoms with E-state index in [1.54, 1.807) is 19.1 Å². The van der Waals surface area contributed by atoms with Gasteiger partial charge in [0.2, 0.25) is 0 Å². The van der Waals surface area contributed by atoms with Crippen molar-refractivity contribution >= 4 is 0 Å². The second-order valence-electron chi connectivity index (χ2n) is 2.81. The minimum Gasteiger partial charge on any atom is -0.508 e. The van der Waals surface area contributed by atoms with Crippen LogP contribution in [0.15, 0.2) is 18.2 Å². The van der Waals surface area contributed by atoms with Gasteiger partial charge in [-0.1, -0.05) is 12.1 Å². The molecule has 1 aromatic carbocycles. The maximum absolute atomic E-state index is 12.1. The van der Waals surface area contributed by atoms with Gasteiger partial charge in [0.15, 0.2) is 0 Å². The largest absolute Gasteiger partial charge is 0.508 e. The number of hydrogen-bond acceptors (Lipinski definition) is 2. The summed E-state index contributed by atoms with van der Waals surface area (Å²) in [7, 11) is 0. The molecular weight excluding hydrogens is 157 g/mol. The molecule has 0 spiro atoms. The van der Waals surface area contributed by atoms with E-state index in [9.17, 15) is 4.39 Å². The Labute approximate surface area is 70.8 Å². The predicted octanol–water partition coefficient (Wildman–Crippen LogP) is 1.67. The molecule has 1 rings (SSSR count).